The number of aliphatic carboxylic acids is 1. The van der Waals surface area contributed by atoms with E-state index < -0.39 is 17.7 Å². The summed E-state index contributed by atoms with van der Waals surface area (Å²) in [5.41, 5.74) is 1.48. The van der Waals surface area contributed by atoms with Crippen molar-refractivity contribution in [2.45, 2.75) is 13.0 Å². The van der Waals surface area contributed by atoms with Crippen molar-refractivity contribution in [3.05, 3.63) is 40.4 Å². The Morgan fingerprint density at radius 2 is 2.19 bits per heavy atom. The zero-order valence-electron chi connectivity index (χ0n) is 11.2. The van der Waals surface area contributed by atoms with Crippen LogP contribution in [0.15, 0.2) is 33.5 Å². The van der Waals surface area contributed by atoms with Gasteiger partial charge in [0.05, 0.1) is 19.0 Å². The molecule has 110 valence electrons. The lowest BCUT2D eigenvalue weighted by molar-refractivity contribution is -0.140. The third kappa shape index (κ3) is 3.38. The molecule has 1 N–H and O–H groups in total. The van der Waals surface area contributed by atoms with Crippen molar-refractivity contribution in [2.24, 2.45) is 0 Å². The predicted octanol–water partition coefficient (Wildman–Crippen LogP) is 1.26. The summed E-state index contributed by atoms with van der Waals surface area (Å²) in [7, 11) is 1.27. The van der Waals surface area contributed by atoms with Crippen molar-refractivity contribution < 1.29 is 23.8 Å². The van der Waals surface area contributed by atoms with E-state index in [0.717, 1.165) is 6.08 Å². The highest BCUT2D eigenvalue weighted by Crippen LogP contribution is 2.16. The standard InChI is InChI=1S/C14H13NO6/c1-20-13(18)6-7-15-10-8-9(3-5-12(16)17)2-4-11(10)21-14(15)19/h2-5,8H,6-7H2,1H3,(H,16,17)/b5-3+. The fraction of sp³-hybridized carbons (Fsp3) is 0.214. The van der Waals surface area contributed by atoms with Gasteiger partial charge in [0.15, 0.2) is 5.58 Å². The van der Waals surface area contributed by atoms with Crippen LogP contribution in [0.25, 0.3) is 17.2 Å². The van der Waals surface area contributed by atoms with Crippen LogP contribution >= 0.6 is 0 Å². The van der Waals surface area contributed by atoms with Crippen molar-refractivity contribution in [1.29, 1.82) is 0 Å². The molecule has 7 nitrogen and oxygen atoms in total. The predicted molar refractivity (Wildman–Crippen MR) is 73.8 cm³/mol. The van der Waals surface area contributed by atoms with Gasteiger partial charge in [-0.2, -0.15) is 0 Å². The summed E-state index contributed by atoms with van der Waals surface area (Å²) in [6.45, 7) is 0.130. The molecular formula is C14H13NO6. The number of fused-ring (bicyclic) bond motifs is 1. The average molecular weight is 291 g/mol. The molecule has 1 heterocycles. The molecule has 1 aromatic carbocycles. The van der Waals surface area contributed by atoms with Crippen LogP contribution in [0, 0.1) is 0 Å². The molecule has 0 aliphatic rings. The van der Waals surface area contributed by atoms with Crippen molar-refractivity contribution in [3.8, 4) is 0 Å². The number of carboxylic acids is 1. The highest BCUT2D eigenvalue weighted by molar-refractivity contribution is 5.86. The fourth-order valence-corrected chi connectivity index (χ4v) is 1.87. The second-order valence-corrected chi connectivity index (χ2v) is 4.24. The second-order valence-electron chi connectivity index (χ2n) is 4.24. The number of aromatic nitrogens is 1. The Labute approximate surface area is 119 Å². The number of esters is 1. The summed E-state index contributed by atoms with van der Waals surface area (Å²) < 4.78 is 10.9. The topological polar surface area (TPSA) is 98.7 Å². The lowest BCUT2D eigenvalue weighted by Crippen LogP contribution is -2.17. The molecule has 0 aliphatic carbocycles. The number of benzene rings is 1. The number of hydrogen-bond acceptors (Lipinski definition) is 5. The van der Waals surface area contributed by atoms with E-state index in [1.807, 2.05) is 0 Å². The summed E-state index contributed by atoms with van der Waals surface area (Å²) in [4.78, 5) is 33.4. The van der Waals surface area contributed by atoms with Gasteiger partial charge in [-0.3, -0.25) is 9.36 Å². The zero-order valence-corrected chi connectivity index (χ0v) is 11.2. The molecule has 2 rings (SSSR count). The Morgan fingerprint density at radius 3 is 2.86 bits per heavy atom. The molecular weight excluding hydrogens is 278 g/mol. The third-order valence-electron chi connectivity index (χ3n) is 2.88. The molecule has 0 unspecified atom stereocenters. The quantitative estimate of drug-likeness (QED) is 0.657. The first kappa shape index (κ1) is 14.6. The number of carbonyl (C=O) groups excluding carboxylic acids is 1. The molecule has 0 saturated carbocycles. The number of methoxy groups -OCH3 is 1. The summed E-state index contributed by atoms with van der Waals surface area (Å²) in [5.74, 6) is -2.07. The fourth-order valence-electron chi connectivity index (χ4n) is 1.87. The number of nitrogens with zero attached hydrogens (tertiary/aromatic N) is 1. The van der Waals surface area contributed by atoms with Crippen LogP contribution in [-0.2, 0) is 20.9 Å². The monoisotopic (exact) mass is 291 g/mol. The van der Waals surface area contributed by atoms with E-state index in [2.05, 4.69) is 4.74 Å². The highest BCUT2D eigenvalue weighted by atomic mass is 16.5. The molecule has 0 aliphatic heterocycles. The lowest BCUT2D eigenvalue weighted by atomic mass is 10.2. The number of oxazole rings is 1. The van der Waals surface area contributed by atoms with Crippen LogP contribution in [0.3, 0.4) is 0 Å². The Balaban J connectivity index is 2.37. The van der Waals surface area contributed by atoms with E-state index in [0.29, 0.717) is 16.7 Å². The molecule has 0 amide bonds. The van der Waals surface area contributed by atoms with Crippen molar-refractivity contribution in [2.75, 3.05) is 7.11 Å². The number of ether oxygens (including phenoxy) is 1. The van der Waals surface area contributed by atoms with E-state index >= 15 is 0 Å². The SMILES string of the molecule is COC(=O)CCn1c(=O)oc2ccc(/C=C/C(=O)O)cc21. The van der Waals surface area contributed by atoms with Crippen LogP contribution in [0.2, 0.25) is 0 Å². The molecule has 0 spiro atoms. The van der Waals surface area contributed by atoms with E-state index in [-0.39, 0.29) is 13.0 Å². The van der Waals surface area contributed by atoms with Gasteiger partial charge in [-0.1, -0.05) is 6.07 Å². The van der Waals surface area contributed by atoms with Crippen LogP contribution in [0.5, 0.6) is 0 Å². The van der Waals surface area contributed by atoms with Gasteiger partial charge in [0.1, 0.15) is 0 Å². The van der Waals surface area contributed by atoms with Gasteiger partial charge < -0.3 is 14.3 Å². The Bertz CT molecular complexity index is 767. The summed E-state index contributed by atoms with van der Waals surface area (Å²) >= 11 is 0. The van der Waals surface area contributed by atoms with Gasteiger partial charge in [0.2, 0.25) is 0 Å². The number of carboxylic acid groups (broad SMARTS) is 1. The molecule has 2 aromatic rings. The van der Waals surface area contributed by atoms with Crippen LogP contribution in [-0.4, -0.2) is 28.7 Å². The van der Waals surface area contributed by atoms with Crippen LogP contribution < -0.4 is 5.76 Å². The first-order valence-corrected chi connectivity index (χ1v) is 6.12. The summed E-state index contributed by atoms with van der Waals surface area (Å²) in [6, 6.07) is 4.83. The highest BCUT2D eigenvalue weighted by Gasteiger charge is 2.11. The first-order valence-electron chi connectivity index (χ1n) is 6.12. The maximum absolute atomic E-state index is 11.7. The van der Waals surface area contributed by atoms with Gasteiger partial charge in [-0.25, -0.2) is 9.59 Å². The van der Waals surface area contributed by atoms with Gasteiger partial charge in [0, 0.05) is 12.6 Å². The van der Waals surface area contributed by atoms with Crippen LogP contribution in [0.1, 0.15) is 12.0 Å². The molecule has 1 aromatic heterocycles. The maximum atomic E-state index is 11.7. The number of aryl methyl sites for hydroxylation is 1. The molecule has 0 fully saturated rings. The molecule has 0 atom stereocenters. The number of carbonyl (C=O) groups is 2. The van der Waals surface area contributed by atoms with E-state index in [1.54, 1.807) is 18.2 Å². The van der Waals surface area contributed by atoms with Gasteiger partial charge >= 0.3 is 17.7 Å². The van der Waals surface area contributed by atoms with Crippen molar-refractivity contribution >= 4 is 29.1 Å². The van der Waals surface area contributed by atoms with Crippen LogP contribution in [0.4, 0.5) is 0 Å². The minimum absolute atomic E-state index is 0.0419. The third-order valence-corrected chi connectivity index (χ3v) is 2.88. The minimum atomic E-state index is -1.06. The molecule has 0 saturated heterocycles. The van der Waals surface area contributed by atoms with E-state index in [1.165, 1.54) is 17.8 Å². The second kappa shape index (κ2) is 6.08. The number of hydrogen-bond donors (Lipinski definition) is 1. The normalized spacial score (nSPS) is 11.1. The van der Waals surface area contributed by atoms with Crippen molar-refractivity contribution in [1.82, 2.24) is 4.57 Å². The zero-order chi connectivity index (χ0) is 15.4. The Hall–Kier alpha value is -2.83. The van der Waals surface area contributed by atoms with Crippen molar-refractivity contribution in [3.63, 3.8) is 0 Å². The minimum Gasteiger partial charge on any atom is -0.478 e. The van der Waals surface area contributed by atoms with E-state index in [9.17, 15) is 14.4 Å². The Kier molecular flexibility index (Phi) is 4.22. The van der Waals surface area contributed by atoms with Gasteiger partial charge in [-0.05, 0) is 23.8 Å². The smallest absolute Gasteiger partial charge is 0.419 e. The largest absolute Gasteiger partial charge is 0.478 e. The molecule has 0 bridgehead atoms. The van der Waals surface area contributed by atoms with Gasteiger partial charge in [-0.15, -0.1) is 0 Å². The first-order chi connectivity index (χ1) is 10.0. The lowest BCUT2D eigenvalue weighted by Gasteiger charge is -2.01. The molecule has 21 heavy (non-hydrogen) atoms. The van der Waals surface area contributed by atoms with E-state index in [4.69, 9.17) is 9.52 Å². The average Bonchev–Trinajstić information content (AvgIpc) is 2.77. The summed E-state index contributed by atoms with van der Waals surface area (Å²) in [5, 5.41) is 8.61. The maximum Gasteiger partial charge on any atom is 0.419 e. The Morgan fingerprint density at radius 1 is 1.43 bits per heavy atom. The summed E-state index contributed by atoms with van der Waals surface area (Å²) in [6.07, 6.45) is 2.45. The number of rotatable bonds is 5. The molecule has 0 radical (unpaired) electrons. The molecule has 7 heteroatoms. The van der Waals surface area contributed by atoms with Gasteiger partial charge in [0.25, 0.3) is 0 Å².